The molecule has 0 saturated heterocycles. The van der Waals surface area contributed by atoms with Gasteiger partial charge in [0.1, 0.15) is 6.61 Å². The zero-order valence-corrected chi connectivity index (χ0v) is 14.3. The molecule has 0 aliphatic rings. The first-order valence-corrected chi connectivity index (χ1v) is 8.01. The fourth-order valence-corrected chi connectivity index (χ4v) is 2.41. The van der Waals surface area contributed by atoms with E-state index < -0.39 is 29.0 Å². The first kappa shape index (κ1) is 18.5. The predicted octanol–water partition coefficient (Wildman–Crippen LogP) is 2.54. The lowest BCUT2D eigenvalue weighted by Crippen LogP contribution is -2.62. The molecule has 25 heavy (non-hydrogen) atoms. The Balaban J connectivity index is 2.30. The maximum Gasteiger partial charge on any atom is 0.342 e. The van der Waals surface area contributed by atoms with Crippen molar-refractivity contribution in [2.45, 2.75) is 26.0 Å². The van der Waals surface area contributed by atoms with E-state index in [-0.39, 0.29) is 12.2 Å². The van der Waals surface area contributed by atoms with Gasteiger partial charge < -0.3 is 10.5 Å². The summed E-state index contributed by atoms with van der Waals surface area (Å²) in [5.74, 6) is -3.06. The summed E-state index contributed by atoms with van der Waals surface area (Å²) in [5, 5.41) is 0. The van der Waals surface area contributed by atoms with Gasteiger partial charge >= 0.3 is 5.97 Å². The SMILES string of the molecule is CC(C)C(=O)C(N)(C(=O)OCc1ccccc1)C(=O)c1ccccc1. The molecule has 0 bridgehead atoms. The summed E-state index contributed by atoms with van der Waals surface area (Å²) in [6.45, 7) is 3.12. The van der Waals surface area contributed by atoms with Crippen molar-refractivity contribution in [1.82, 2.24) is 0 Å². The smallest absolute Gasteiger partial charge is 0.342 e. The van der Waals surface area contributed by atoms with Crippen LogP contribution in [0.15, 0.2) is 60.7 Å². The largest absolute Gasteiger partial charge is 0.459 e. The van der Waals surface area contributed by atoms with Crippen molar-refractivity contribution in [1.29, 1.82) is 0 Å². The molecule has 0 radical (unpaired) electrons. The molecule has 2 aromatic rings. The Hall–Kier alpha value is -2.79. The van der Waals surface area contributed by atoms with Gasteiger partial charge in [-0.3, -0.25) is 9.59 Å². The Morgan fingerprint density at radius 2 is 1.48 bits per heavy atom. The van der Waals surface area contributed by atoms with Crippen LogP contribution in [0.5, 0.6) is 0 Å². The maximum atomic E-state index is 12.8. The highest BCUT2D eigenvalue weighted by atomic mass is 16.5. The molecule has 130 valence electrons. The monoisotopic (exact) mass is 339 g/mol. The van der Waals surface area contributed by atoms with E-state index in [1.54, 1.807) is 56.3 Å². The van der Waals surface area contributed by atoms with Crippen LogP contribution < -0.4 is 5.73 Å². The van der Waals surface area contributed by atoms with Crippen LogP contribution in [0.25, 0.3) is 0 Å². The second kappa shape index (κ2) is 7.85. The summed E-state index contributed by atoms with van der Waals surface area (Å²) >= 11 is 0. The third-order valence-corrected chi connectivity index (χ3v) is 3.84. The van der Waals surface area contributed by atoms with Gasteiger partial charge in [-0.25, -0.2) is 4.79 Å². The zero-order chi connectivity index (χ0) is 18.4. The van der Waals surface area contributed by atoms with Gasteiger partial charge in [0.15, 0.2) is 5.78 Å². The summed E-state index contributed by atoms with van der Waals surface area (Å²) in [6, 6.07) is 17.0. The average molecular weight is 339 g/mol. The second-order valence-electron chi connectivity index (χ2n) is 6.08. The van der Waals surface area contributed by atoms with Gasteiger partial charge in [0.05, 0.1) is 0 Å². The number of ketones is 2. The molecule has 2 rings (SSSR count). The van der Waals surface area contributed by atoms with E-state index in [1.807, 2.05) is 6.07 Å². The lowest BCUT2D eigenvalue weighted by molar-refractivity contribution is -0.153. The standard InChI is InChI=1S/C20H21NO4/c1-14(2)17(22)20(21,18(23)16-11-7-4-8-12-16)19(24)25-13-15-9-5-3-6-10-15/h3-12,14H,13,21H2,1-2H3. The molecule has 2 aromatic carbocycles. The fourth-order valence-electron chi connectivity index (χ4n) is 2.41. The summed E-state index contributed by atoms with van der Waals surface area (Å²) in [4.78, 5) is 38.0. The summed E-state index contributed by atoms with van der Waals surface area (Å²) in [5.41, 5.74) is 4.62. The van der Waals surface area contributed by atoms with Crippen LogP contribution in [-0.2, 0) is 20.9 Å². The molecule has 5 heteroatoms. The lowest BCUT2D eigenvalue weighted by Gasteiger charge is -2.26. The van der Waals surface area contributed by atoms with Crippen LogP contribution in [0.2, 0.25) is 0 Å². The molecular weight excluding hydrogens is 318 g/mol. The van der Waals surface area contributed by atoms with Gasteiger partial charge in [-0.05, 0) is 5.56 Å². The molecule has 0 fully saturated rings. The third-order valence-electron chi connectivity index (χ3n) is 3.84. The number of esters is 1. The molecule has 0 aliphatic carbocycles. The van der Waals surface area contributed by atoms with Crippen molar-refractivity contribution in [2.75, 3.05) is 0 Å². The number of carbonyl (C=O) groups is 3. The van der Waals surface area contributed by atoms with Gasteiger partial charge in [0.2, 0.25) is 11.3 Å². The minimum atomic E-state index is -2.36. The van der Waals surface area contributed by atoms with Crippen LogP contribution in [0.4, 0.5) is 0 Å². The molecule has 0 aromatic heterocycles. The molecule has 0 saturated carbocycles. The molecule has 0 heterocycles. The van der Waals surface area contributed by atoms with E-state index in [2.05, 4.69) is 0 Å². The fraction of sp³-hybridized carbons (Fsp3) is 0.250. The first-order valence-electron chi connectivity index (χ1n) is 8.01. The van der Waals surface area contributed by atoms with Crippen molar-refractivity contribution < 1.29 is 19.1 Å². The van der Waals surface area contributed by atoms with Gasteiger partial charge in [-0.2, -0.15) is 0 Å². The van der Waals surface area contributed by atoms with Gasteiger partial charge in [-0.1, -0.05) is 74.5 Å². The van der Waals surface area contributed by atoms with Gasteiger partial charge in [0, 0.05) is 11.5 Å². The van der Waals surface area contributed by atoms with E-state index in [4.69, 9.17) is 10.5 Å². The summed E-state index contributed by atoms with van der Waals surface area (Å²) in [6.07, 6.45) is 0. The quantitative estimate of drug-likeness (QED) is 0.476. The number of hydrogen-bond acceptors (Lipinski definition) is 5. The third kappa shape index (κ3) is 4.00. The number of nitrogens with two attached hydrogens (primary N) is 1. The van der Waals surface area contributed by atoms with Crippen molar-refractivity contribution in [3.63, 3.8) is 0 Å². The number of ether oxygens (including phenoxy) is 1. The van der Waals surface area contributed by atoms with Gasteiger partial charge in [-0.15, -0.1) is 0 Å². The van der Waals surface area contributed by atoms with Crippen LogP contribution >= 0.6 is 0 Å². The zero-order valence-electron chi connectivity index (χ0n) is 14.3. The molecule has 2 N–H and O–H groups in total. The number of rotatable bonds is 7. The van der Waals surface area contributed by atoms with Gasteiger partial charge in [0.25, 0.3) is 0 Å². The van der Waals surface area contributed by atoms with Crippen molar-refractivity contribution in [3.05, 3.63) is 71.8 Å². The minimum absolute atomic E-state index is 0.0634. The van der Waals surface area contributed by atoms with E-state index in [0.717, 1.165) is 5.56 Å². The lowest BCUT2D eigenvalue weighted by atomic mass is 9.81. The first-order chi connectivity index (χ1) is 11.9. The van der Waals surface area contributed by atoms with E-state index >= 15 is 0 Å². The Kier molecular flexibility index (Phi) is 5.83. The second-order valence-corrected chi connectivity index (χ2v) is 6.08. The van der Waals surface area contributed by atoms with Crippen LogP contribution in [0.3, 0.4) is 0 Å². The highest BCUT2D eigenvalue weighted by molar-refractivity contribution is 6.32. The van der Waals surface area contributed by atoms with Crippen molar-refractivity contribution in [2.24, 2.45) is 11.7 Å². The van der Waals surface area contributed by atoms with E-state index in [9.17, 15) is 14.4 Å². The molecule has 5 nitrogen and oxygen atoms in total. The Morgan fingerprint density at radius 3 is 2.00 bits per heavy atom. The molecule has 0 aliphatic heterocycles. The minimum Gasteiger partial charge on any atom is -0.459 e. The van der Waals surface area contributed by atoms with Crippen LogP contribution in [-0.4, -0.2) is 23.1 Å². The molecule has 1 atom stereocenters. The number of Topliss-reactive ketones (excluding diaryl/α,β-unsaturated/α-hetero) is 2. The molecule has 0 amide bonds. The Morgan fingerprint density at radius 1 is 0.960 bits per heavy atom. The average Bonchev–Trinajstić information content (AvgIpc) is 2.65. The van der Waals surface area contributed by atoms with E-state index in [1.165, 1.54) is 12.1 Å². The van der Waals surface area contributed by atoms with Crippen LogP contribution in [0.1, 0.15) is 29.8 Å². The Bertz CT molecular complexity index is 756. The van der Waals surface area contributed by atoms with Crippen molar-refractivity contribution in [3.8, 4) is 0 Å². The topological polar surface area (TPSA) is 86.5 Å². The van der Waals surface area contributed by atoms with Crippen LogP contribution in [0, 0.1) is 5.92 Å². The molecular formula is C20H21NO4. The van der Waals surface area contributed by atoms with E-state index in [0.29, 0.717) is 0 Å². The highest BCUT2D eigenvalue weighted by Gasteiger charge is 2.51. The normalized spacial score (nSPS) is 13.1. The summed E-state index contributed by atoms with van der Waals surface area (Å²) < 4.78 is 5.20. The summed E-state index contributed by atoms with van der Waals surface area (Å²) in [7, 11) is 0. The molecule has 0 spiro atoms. The number of hydrogen-bond donors (Lipinski definition) is 1. The van der Waals surface area contributed by atoms with Crippen molar-refractivity contribution >= 4 is 17.5 Å². The Labute approximate surface area is 146 Å². The predicted molar refractivity (Wildman–Crippen MR) is 93.8 cm³/mol. The number of carbonyl (C=O) groups excluding carboxylic acids is 3. The maximum absolute atomic E-state index is 12.8. The highest BCUT2D eigenvalue weighted by Crippen LogP contribution is 2.19. The number of benzene rings is 2. The molecule has 1 unspecified atom stereocenters.